The van der Waals surface area contributed by atoms with Crippen molar-refractivity contribution in [2.45, 2.75) is 19.5 Å². The number of anilines is 2. The molecule has 0 fully saturated rings. The van der Waals surface area contributed by atoms with Crippen LogP contribution in [0.25, 0.3) is 11.0 Å². The van der Waals surface area contributed by atoms with Crippen LogP contribution in [0, 0.1) is 0 Å². The van der Waals surface area contributed by atoms with Crippen LogP contribution in [0.4, 0.5) is 29.3 Å². The second kappa shape index (κ2) is 8.54. The van der Waals surface area contributed by atoms with Gasteiger partial charge >= 0.3 is 18.2 Å². The summed E-state index contributed by atoms with van der Waals surface area (Å²) in [5.41, 5.74) is 0.841. The molecule has 0 aliphatic heterocycles. The van der Waals surface area contributed by atoms with Crippen LogP contribution in [0.5, 0.6) is 5.75 Å². The molecular formula is C20H19F3N4O4. The Kier molecular flexibility index (Phi) is 6.04. The number of carbonyl (C=O) groups excluding carboxylic acids is 1. The van der Waals surface area contributed by atoms with Gasteiger partial charge in [0.2, 0.25) is 0 Å². The number of benzene rings is 1. The predicted octanol–water partition coefficient (Wildman–Crippen LogP) is 4.42. The lowest BCUT2D eigenvalue weighted by molar-refractivity contribution is -0.153. The maximum atomic E-state index is 12.7. The number of aromatic nitrogens is 2. The van der Waals surface area contributed by atoms with Crippen molar-refractivity contribution in [3.8, 4) is 5.75 Å². The number of nitrogens with one attached hydrogen (secondary N) is 2. The maximum absolute atomic E-state index is 12.7. The van der Waals surface area contributed by atoms with E-state index in [1.165, 1.54) is 13.1 Å². The van der Waals surface area contributed by atoms with Crippen LogP contribution in [0.15, 0.2) is 36.4 Å². The number of rotatable bonds is 6. The van der Waals surface area contributed by atoms with Crippen molar-refractivity contribution in [1.82, 2.24) is 9.55 Å². The number of nitrogens with zero attached hydrogens (tertiary/aromatic N) is 2. The van der Waals surface area contributed by atoms with E-state index in [1.807, 2.05) is 0 Å². The third-order valence-electron chi connectivity index (χ3n) is 4.39. The SMILES string of the molecule is CCc1nc2c(cc1NC(=O)Nc1ccccc1)c(OCC(F)(F)F)c(C(=O)O)n2C. The van der Waals surface area contributed by atoms with Crippen molar-refractivity contribution in [1.29, 1.82) is 0 Å². The molecule has 1 aromatic carbocycles. The van der Waals surface area contributed by atoms with Crippen LogP contribution in [0.2, 0.25) is 0 Å². The molecule has 8 nitrogen and oxygen atoms in total. The van der Waals surface area contributed by atoms with Gasteiger partial charge in [-0.1, -0.05) is 25.1 Å². The Labute approximate surface area is 174 Å². The van der Waals surface area contributed by atoms with Crippen LogP contribution in [-0.2, 0) is 13.5 Å². The maximum Gasteiger partial charge on any atom is 0.422 e. The molecule has 0 bridgehead atoms. The van der Waals surface area contributed by atoms with Crippen molar-refractivity contribution < 1.29 is 32.6 Å². The number of ether oxygens (including phenoxy) is 1. The normalized spacial score (nSPS) is 11.4. The monoisotopic (exact) mass is 436 g/mol. The first kappa shape index (κ1) is 21.9. The second-order valence-electron chi connectivity index (χ2n) is 6.60. The molecule has 3 rings (SSSR count). The molecule has 0 spiro atoms. The van der Waals surface area contributed by atoms with Gasteiger partial charge in [-0.05, 0) is 24.6 Å². The number of urea groups is 1. The fourth-order valence-electron chi connectivity index (χ4n) is 3.07. The fraction of sp³-hybridized carbons (Fsp3) is 0.250. The number of para-hydroxylation sites is 1. The number of hydrogen-bond donors (Lipinski definition) is 3. The summed E-state index contributed by atoms with van der Waals surface area (Å²) in [6.07, 6.45) is -4.28. The van der Waals surface area contributed by atoms with E-state index >= 15 is 0 Å². The number of carboxylic acids is 1. The minimum absolute atomic E-state index is 0.0383. The lowest BCUT2D eigenvalue weighted by atomic mass is 10.2. The molecule has 31 heavy (non-hydrogen) atoms. The van der Waals surface area contributed by atoms with E-state index in [2.05, 4.69) is 15.6 Å². The van der Waals surface area contributed by atoms with Crippen molar-refractivity contribution in [2.24, 2.45) is 7.05 Å². The summed E-state index contributed by atoms with van der Waals surface area (Å²) in [5, 5.41) is 14.8. The molecule has 0 atom stereocenters. The van der Waals surface area contributed by atoms with Gasteiger partial charge in [0.1, 0.15) is 5.65 Å². The number of carboxylic acid groups (broad SMARTS) is 1. The quantitative estimate of drug-likeness (QED) is 0.531. The van der Waals surface area contributed by atoms with Crippen LogP contribution in [-0.4, -0.2) is 39.4 Å². The number of pyridine rings is 1. The molecule has 11 heteroatoms. The number of halogens is 3. The van der Waals surface area contributed by atoms with E-state index in [-0.39, 0.29) is 16.7 Å². The van der Waals surface area contributed by atoms with Gasteiger partial charge in [-0.2, -0.15) is 13.2 Å². The number of hydrogen-bond acceptors (Lipinski definition) is 4. The topological polar surface area (TPSA) is 105 Å². The summed E-state index contributed by atoms with van der Waals surface area (Å²) in [6.45, 7) is 0.107. The summed E-state index contributed by atoms with van der Waals surface area (Å²) in [7, 11) is 1.37. The molecule has 3 N–H and O–H groups in total. The third-order valence-corrected chi connectivity index (χ3v) is 4.39. The Bertz CT molecular complexity index is 1130. The van der Waals surface area contributed by atoms with Crippen LogP contribution in [0.1, 0.15) is 23.1 Å². The number of aromatic carboxylic acids is 1. The first-order chi connectivity index (χ1) is 14.6. The average Bonchev–Trinajstić information content (AvgIpc) is 2.97. The number of amides is 2. The number of alkyl halides is 3. The summed E-state index contributed by atoms with van der Waals surface area (Å²) < 4.78 is 44.1. The Morgan fingerprint density at radius 2 is 1.87 bits per heavy atom. The van der Waals surface area contributed by atoms with Gasteiger partial charge in [0.25, 0.3) is 0 Å². The molecule has 0 radical (unpaired) electrons. The summed E-state index contributed by atoms with van der Waals surface area (Å²) >= 11 is 0. The molecule has 0 unspecified atom stereocenters. The third kappa shape index (κ3) is 4.87. The Balaban J connectivity index is 2.03. The number of carbonyl (C=O) groups is 2. The summed E-state index contributed by atoms with van der Waals surface area (Å²) in [5.74, 6) is -1.93. The lowest BCUT2D eigenvalue weighted by Gasteiger charge is -2.12. The zero-order valence-corrected chi connectivity index (χ0v) is 16.6. The van der Waals surface area contributed by atoms with Crippen LogP contribution in [0.3, 0.4) is 0 Å². The number of aryl methyl sites for hydroxylation is 2. The predicted molar refractivity (Wildman–Crippen MR) is 108 cm³/mol. The summed E-state index contributed by atoms with van der Waals surface area (Å²) in [6, 6.07) is 9.40. The van der Waals surface area contributed by atoms with Crippen molar-refractivity contribution in [2.75, 3.05) is 17.2 Å². The first-order valence-corrected chi connectivity index (χ1v) is 9.19. The zero-order chi connectivity index (χ0) is 22.8. The lowest BCUT2D eigenvalue weighted by Crippen LogP contribution is -2.21. The molecule has 0 aliphatic carbocycles. The van der Waals surface area contributed by atoms with Crippen molar-refractivity contribution in [3.63, 3.8) is 0 Å². The van der Waals surface area contributed by atoms with Gasteiger partial charge in [0, 0.05) is 12.7 Å². The minimum Gasteiger partial charge on any atom is -0.481 e. The highest BCUT2D eigenvalue weighted by molar-refractivity contribution is 6.04. The molecule has 3 aromatic rings. The molecular weight excluding hydrogens is 417 g/mol. The highest BCUT2D eigenvalue weighted by Gasteiger charge is 2.32. The second-order valence-corrected chi connectivity index (χ2v) is 6.60. The Morgan fingerprint density at radius 3 is 2.45 bits per heavy atom. The molecule has 2 heterocycles. The van der Waals surface area contributed by atoms with Gasteiger partial charge in [0.05, 0.1) is 16.8 Å². The summed E-state index contributed by atoms with van der Waals surface area (Å²) in [4.78, 5) is 28.4. The van der Waals surface area contributed by atoms with Gasteiger partial charge in [-0.15, -0.1) is 0 Å². The fourth-order valence-corrected chi connectivity index (χ4v) is 3.07. The van der Waals surface area contributed by atoms with E-state index in [9.17, 15) is 27.9 Å². The molecule has 164 valence electrons. The van der Waals surface area contributed by atoms with E-state index < -0.39 is 36.2 Å². The van der Waals surface area contributed by atoms with Gasteiger partial charge in [-0.25, -0.2) is 14.6 Å². The highest BCUT2D eigenvalue weighted by Crippen LogP contribution is 2.35. The van der Waals surface area contributed by atoms with E-state index in [0.29, 0.717) is 17.8 Å². The average molecular weight is 436 g/mol. The highest BCUT2D eigenvalue weighted by atomic mass is 19.4. The van der Waals surface area contributed by atoms with Crippen molar-refractivity contribution >= 4 is 34.4 Å². The molecule has 0 aliphatic rings. The number of fused-ring (bicyclic) bond motifs is 1. The van der Waals surface area contributed by atoms with Crippen molar-refractivity contribution in [3.05, 3.63) is 47.8 Å². The van der Waals surface area contributed by atoms with Gasteiger partial charge < -0.3 is 25.0 Å². The Morgan fingerprint density at radius 1 is 1.19 bits per heavy atom. The van der Waals surface area contributed by atoms with E-state index in [4.69, 9.17) is 4.74 Å². The molecule has 0 saturated carbocycles. The van der Waals surface area contributed by atoms with E-state index in [1.54, 1.807) is 37.3 Å². The molecule has 0 saturated heterocycles. The standard InChI is InChI=1S/C20H19F3N4O4/c1-3-13-14(26-19(30)24-11-7-5-4-6-8-11)9-12-16(31-10-20(21,22)23)15(18(28)29)27(2)17(12)25-13/h4-9H,3,10H2,1-2H3,(H,28,29)(H2,24,26,30). The Hall–Kier alpha value is -3.76. The van der Waals surface area contributed by atoms with Gasteiger partial charge in [0.15, 0.2) is 18.1 Å². The zero-order valence-electron chi connectivity index (χ0n) is 16.6. The van der Waals surface area contributed by atoms with Crippen LogP contribution < -0.4 is 15.4 Å². The first-order valence-electron chi connectivity index (χ1n) is 9.19. The molecule has 2 amide bonds. The van der Waals surface area contributed by atoms with Crippen LogP contribution >= 0.6 is 0 Å². The molecule has 2 aromatic heterocycles. The smallest absolute Gasteiger partial charge is 0.422 e. The largest absolute Gasteiger partial charge is 0.481 e. The van der Waals surface area contributed by atoms with E-state index in [0.717, 1.165) is 4.57 Å². The minimum atomic E-state index is -4.66. The van der Waals surface area contributed by atoms with Gasteiger partial charge in [-0.3, -0.25) is 0 Å².